The van der Waals surface area contributed by atoms with Gasteiger partial charge in [0.25, 0.3) is 0 Å². The van der Waals surface area contributed by atoms with Crippen LogP contribution in [0, 0.1) is 0 Å². The average Bonchev–Trinajstić information content (AvgIpc) is 2.48. The molecule has 0 heterocycles. The Bertz CT molecular complexity index is 586. The topological polar surface area (TPSA) is 21.3 Å². The molecule has 0 bridgehead atoms. The van der Waals surface area contributed by atoms with E-state index in [-0.39, 0.29) is 0 Å². The number of nitrogens with one attached hydrogen (secondary N) is 1. The summed E-state index contributed by atoms with van der Waals surface area (Å²) < 4.78 is 6.74. The number of ether oxygens (including phenoxy) is 1. The van der Waals surface area contributed by atoms with Crippen LogP contribution >= 0.6 is 27.5 Å². The molecule has 1 atom stereocenters. The Morgan fingerprint density at radius 3 is 2.52 bits per heavy atom. The van der Waals surface area contributed by atoms with Crippen LogP contribution in [0.5, 0.6) is 11.5 Å². The molecule has 1 N–H and O–H groups in total. The van der Waals surface area contributed by atoms with Gasteiger partial charge in [-0.3, -0.25) is 0 Å². The quantitative estimate of drug-likeness (QED) is 0.679. The maximum Gasteiger partial charge on any atom is 0.146 e. The summed E-state index contributed by atoms with van der Waals surface area (Å²) in [5.41, 5.74) is 1.25. The molecule has 0 fully saturated rings. The van der Waals surface area contributed by atoms with Gasteiger partial charge in [0.2, 0.25) is 0 Å². The van der Waals surface area contributed by atoms with E-state index < -0.39 is 0 Å². The molecular formula is C17H19BrClNO. The van der Waals surface area contributed by atoms with Crippen molar-refractivity contribution in [2.45, 2.75) is 26.3 Å². The second-order valence-corrected chi connectivity index (χ2v) is 6.24. The minimum absolute atomic E-state index is 0.343. The molecular weight excluding hydrogens is 350 g/mol. The molecule has 0 saturated carbocycles. The van der Waals surface area contributed by atoms with Gasteiger partial charge >= 0.3 is 0 Å². The molecule has 4 heteroatoms. The summed E-state index contributed by atoms with van der Waals surface area (Å²) in [6.07, 6.45) is 1.13. The molecule has 0 spiro atoms. The van der Waals surface area contributed by atoms with Crippen LogP contribution in [0.2, 0.25) is 5.02 Å². The summed E-state index contributed by atoms with van der Waals surface area (Å²) in [5, 5.41) is 4.06. The Kier molecular flexibility index (Phi) is 6.09. The molecule has 2 aromatic rings. The third-order valence-electron chi connectivity index (χ3n) is 3.20. The van der Waals surface area contributed by atoms with Crippen molar-refractivity contribution in [3.05, 3.63) is 57.5 Å². The van der Waals surface area contributed by atoms with E-state index in [9.17, 15) is 0 Å². The number of hydrogen-bond acceptors (Lipinski definition) is 2. The molecule has 0 amide bonds. The SMILES string of the molecule is CCCNC(C)c1ccc(Oc2ccc(Br)cc2Cl)cc1. The lowest BCUT2D eigenvalue weighted by molar-refractivity contribution is 0.482. The molecule has 112 valence electrons. The molecule has 0 aliphatic rings. The van der Waals surface area contributed by atoms with Crippen molar-refractivity contribution in [1.29, 1.82) is 0 Å². The summed E-state index contributed by atoms with van der Waals surface area (Å²) >= 11 is 9.53. The molecule has 0 saturated heterocycles. The van der Waals surface area contributed by atoms with Gasteiger partial charge < -0.3 is 10.1 Å². The van der Waals surface area contributed by atoms with Gasteiger partial charge in [-0.1, -0.05) is 46.6 Å². The highest BCUT2D eigenvalue weighted by Crippen LogP contribution is 2.32. The smallest absolute Gasteiger partial charge is 0.146 e. The normalized spacial score (nSPS) is 12.2. The van der Waals surface area contributed by atoms with E-state index in [1.54, 1.807) is 0 Å². The van der Waals surface area contributed by atoms with Crippen LogP contribution in [0.1, 0.15) is 31.9 Å². The van der Waals surface area contributed by atoms with E-state index in [2.05, 4.69) is 47.2 Å². The highest BCUT2D eigenvalue weighted by Gasteiger charge is 2.06. The van der Waals surface area contributed by atoms with Crippen LogP contribution in [0.4, 0.5) is 0 Å². The Labute approximate surface area is 139 Å². The first-order valence-corrected chi connectivity index (χ1v) is 8.23. The zero-order chi connectivity index (χ0) is 15.2. The fourth-order valence-corrected chi connectivity index (χ4v) is 2.70. The van der Waals surface area contributed by atoms with Crippen LogP contribution in [-0.2, 0) is 0 Å². The maximum absolute atomic E-state index is 6.15. The fraction of sp³-hybridized carbons (Fsp3) is 0.294. The Balaban J connectivity index is 2.05. The number of hydrogen-bond donors (Lipinski definition) is 1. The van der Waals surface area contributed by atoms with Gasteiger partial charge in [0, 0.05) is 10.5 Å². The third-order valence-corrected chi connectivity index (χ3v) is 3.99. The summed E-state index contributed by atoms with van der Waals surface area (Å²) in [6.45, 7) is 5.35. The molecule has 2 nitrogen and oxygen atoms in total. The highest BCUT2D eigenvalue weighted by molar-refractivity contribution is 9.10. The average molecular weight is 369 g/mol. The van der Waals surface area contributed by atoms with Crippen molar-refractivity contribution < 1.29 is 4.74 Å². The molecule has 1 unspecified atom stereocenters. The van der Waals surface area contributed by atoms with E-state index in [0.717, 1.165) is 23.2 Å². The first-order chi connectivity index (χ1) is 10.1. The van der Waals surface area contributed by atoms with Crippen molar-refractivity contribution in [1.82, 2.24) is 5.32 Å². The number of rotatable bonds is 6. The van der Waals surface area contributed by atoms with Crippen molar-refractivity contribution in [2.24, 2.45) is 0 Å². The standard InChI is InChI=1S/C17H19BrClNO/c1-3-10-20-12(2)13-4-7-15(8-5-13)21-17-9-6-14(18)11-16(17)19/h4-9,11-12,20H,3,10H2,1-2H3. The molecule has 2 rings (SSSR count). The van der Waals surface area contributed by atoms with Gasteiger partial charge in [-0.15, -0.1) is 0 Å². The number of benzene rings is 2. The second kappa shape index (κ2) is 7.83. The number of halogens is 2. The van der Waals surface area contributed by atoms with E-state index in [4.69, 9.17) is 16.3 Å². The monoisotopic (exact) mass is 367 g/mol. The molecule has 0 radical (unpaired) electrons. The Morgan fingerprint density at radius 2 is 1.90 bits per heavy atom. The van der Waals surface area contributed by atoms with Gasteiger partial charge in [0.05, 0.1) is 5.02 Å². The van der Waals surface area contributed by atoms with Crippen molar-refractivity contribution in [3.8, 4) is 11.5 Å². The minimum atomic E-state index is 0.343. The zero-order valence-electron chi connectivity index (χ0n) is 12.2. The summed E-state index contributed by atoms with van der Waals surface area (Å²) in [5.74, 6) is 1.44. The second-order valence-electron chi connectivity index (χ2n) is 4.92. The van der Waals surface area contributed by atoms with Gasteiger partial charge in [-0.2, -0.15) is 0 Å². The van der Waals surface area contributed by atoms with Crippen molar-refractivity contribution >= 4 is 27.5 Å². The zero-order valence-corrected chi connectivity index (χ0v) is 14.5. The Hall–Kier alpha value is -1.03. The molecule has 0 aliphatic heterocycles. The van der Waals surface area contributed by atoms with E-state index in [0.29, 0.717) is 16.8 Å². The molecule has 2 aromatic carbocycles. The summed E-state index contributed by atoms with van der Waals surface area (Å²) in [6, 6.07) is 14.0. The summed E-state index contributed by atoms with van der Waals surface area (Å²) in [4.78, 5) is 0. The van der Waals surface area contributed by atoms with E-state index >= 15 is 0 Å². The van der Waals surface area contributed by atoms with Crippen molar-refractivity contribution in [2.75, 3.05) is 6.54 Å². The molecule has 0 aromatic heterocycles. The minimum Gasteiger partial charge on any atom is -0.456 e. The lowest BCUT2D eigenvalue weighted by Gasteiger charge is -2.14. The van der Waals surface area contributed by atoms with Gasteiger partial charge in [-0.05, 0) is 55.8 Å². The molecule has 21 heavy (non-hydrogen) atoms. The highest BCUT2D eigenvalue weighted by atomic mass is 79.9. The predicted octanol–water partition coefficient (Wildman–Crippen LogP) is 5.96. The van der Waals surface area contributed by atoms with Crippen LogP contribution in [0.3, 0.4) is 0 Å². The van der Waals surface area contributed by atoms with Gasteiger partial charge in [-0.25, -0.2) is 0 Å². The van der Waals surface area contributed by atoms with Gasteiger partial charge in [0.1, 0.15) is 11.5 Å². The summed E-state index contributed by atoms with van der Waals surface area (Å²) in [7, 11) is 0. The van der Waals surface area contributed by atoms with Gasteiger partial charge in [0.15, 0.2) is 0 Å². The largest absolute Gasteiger partial charge is 0.456 e. The first-order valence-electron chi connectivity index (χ1n) is 7.06. The lowest BCUT2D eigenvalue weighted by Crippen LogP contribution is -2.19. The van der Waals surface area contributed by atoms with Crippen LogP contribution in [0.15, 0.2) is 46.9 Å². The Morgan fingerprint density at radius 1 is 1.19 bits per heavy atom. The lowest BCUT2D eigenvalue weighted by atomic mass is 10.1. The van der Waals surface area contributed by atoms with Crippen molar-refractivity contribution in [3.63, 3.8) is 0 Å². The fourth-order valence-electron chi connectivity index (χ4n) is 1.99. The predicted molar refractivity (Wildman–Crippen MR) is 92.4 cm³/mol. The van der Waals surface area contributed by atoms with E-state index in [1.165, 1.54) is 5.56 Å². The van der Waals surface area contributed by atoms with Crippen LogP contribution < -0.4 is 10.1 Å². The van der Waals surface area contributed by atoms with Crippen LogP contribution in [-0.4, -0.2) is 6.54 Å². The van der Waals surface area contributed by atoms with Crippen LogP contribution in [0.25, 0.3) is 0 Å². The van der Waals surface area contributed by atoms with E-state index in [1.807, 2.05) is 30.3 Å². The first kappa shape index (κ1) is 16.3. The molecule has 0 aliphatic carbocycles. The maximum atomic E-state index is 6.15. The third kappa shape index (κ3) is 4.73.